The van der Waals surface area contributed by atoms with Crippen molar-refractivity contribution in [2.75, 3.05) is 5.75 Å². The molecule has 0 saturated heterocycles. The zero-order valence-electron chi connectivity index (χ0n) is 14.7. The van der Waals surface area contributed by atoms with E-state index in [0.29, 0.717) is 11.8 Å². The van der Waals surface area contributed by atoms with Crippen molar-refractivity contribution in [1.82, 2.24) is 5.32 Å². The van der Waals surface area contributed by atoms with Gasteiger partial charge in [0, 0.05) is 12.7 Å². The van der Waals surface area contributed by atoms with Crippen LogP contribution in [0.4, 0.5) is 4.79 Å². The lowest BCUT2D eigenvalue weighted by molar-refractivity contribution is -0.157. The Morgan fingerprint density at radius 2 is 1.88 bits per heavy atom. The first-order valence-electron chi connectivity index (χ1n) is 7.37. The first kappa shape index (κ1) is 20.8. The minimum Gasteiger partial charge on any atom is -0.458 e. The Hall–Kier alpha value is -2.23. The first-order valence-corrected chi connectivity index (χ1v) is 8.35. The number of nitrogens with one attached hydrogen (secondary N) is 1. The second-order valence-electron chi connectivity index (χ2n) is 6.07. The van der Waals surface area contributed by atoms with Gasteiger partial charge in [-0.1, -0.05) is 0 Å². The Morgan fingerprint density at radius 3 is 2.36 bits per heavy atom. The number of hydrogen-bond acceptors (Lipinski definition) is 9. The molecule has 0 aliphatic carbocycles. The Labute approximate surface area is 148 Å². The Morgan fingerprint density at radius 1 is 1.24 bits per heavy atom. The molecule has 1 aromatic rings. The summed E-state index contributed by atoms with van der Waals surface area (Å²) in [5, 5.41) is 1.72. The van der Waals surface area contributed by atoms with Crippen LogP contribution in [0.5, 0.6) is 0 Å². The normalized spacial score (nSPS) is 12.4. The maximum Gasteiger partial charge on any atom is 0.519 e. The van der Waals surface area contributed by atoms with Gasteiger partial charge in [0.1, 0.15) is 11.6 Å². The SMILES string of the molecule is CC(=O)N[C@@H](CSC(=O)OCc1oc(=O)oc1C)C(=O)OC(C)(C)C. The lowest BCUT2D eigenvalue weighted by atomic mass is 10.2. The van der Waals surface area contributed by atoms with Crippen molar-refractivity contribution in [3.63, 3.8) is 0 Å². The molecule has 25 heavy (non-hydrogen) atoms. The minimum atomic E-state index is -0.997. The zero-order chi connectivity index (χ0) is 19.2. The van der Waals surface area contributed by atoms with Crippen LogP contribution in [0.1, 0.15) is 39.2 Å². The maximum atomic E-state index is 12.1. The quantitative estimate of drug-likeness (QED) is 0.740. The number of ether oxygens (including phenoxy) is 2. The molecule has 1 aromatic heterocycles. The number of esters is 1. The standard InChI is InChI=1S/C15H21NO8S/c1-8-11(23-13(19)22-8)6-21-14(20)25-7-10(16-9(2)17)12(18)24-15(3,4)5/h10H,6-7H2,1-5H3,(H,16,17)/t10-/m0/s1. The average molecular weight is 375 g/mol. The molecule has 0 fully saturated rings. The van der Waals surface area contributed by atoms with Gasteiger partial charge in [-0.2, -0.15) is 0 Å². The van der Waals surface area contributed by atoms with E-state index < -0.39 is 34.6 Å². The molecular formula is C15H21NO8S. The van der Waals surface area contributed by atoms with Gasteiger partial charge in [-0.05, 0) is 39.5 Å². The molecule has 0 aliphatic heterocycles. The fourth-order valence-electron chi connectivity index (χ4n) is 1.61. The van der Waals surface area contributed by atoms with Crippen LogP contribution in [0.25, 0.3) is 0 Å². The summed E-state index contributed by atoms with van der Waals surface area (Å²) in [5.41, 5.74) is -0.727. The summed E-state index contributed by atoms with van der Waals surface area (Å²) in [4.78, 5) is 45.9. The Kier molecular flexibility index (Phi) is 7.28. The fourth-order valence-corrected chi connectivity index (χ4v) is 2.28. The van der Waals surface area contributed by atoms with Crippen LogP contribution in [0, 0.1) is 6.92 Å². The lowest BCUT2D eigenvalue weighted by Crippen LogP contribution is -2.45. The highest BCUT2D eigenvalue weighted by atomic mass is 32.2. The second-order valence-corrected chi connectivity index (χ2v) is 7.03. The van der Waals surface area contributed by atoms with Gasteiger partial charge < -0.3 is 23.6 Å². The van der Waals surface area contributed by atoms with Crippen LogP contribution in [0.15, 0.2) is 13.6 Å². The van der Waals surface area contributed by atoms with E-state index in [-0.39, 0.29) is 23.9 Å². The topological polar surface area (TPSA) is 125 Å². The number of thioether (sulfide) groups is 1. The van der Waals surface area contributed by atoms with Crippen LogP contribution < -0.4 is 11.1 Å². The minimum absolute atomic E-state index is 0.0678. The van der Waals surface area contributed by atoms with Crippen molar-refractivity contribution in [3.05, 3.63) is 22.1 Å². The molecule has 1 rings (SSSR count). The van der Waals surface area contributed by atoms with Gasteiger partial charge in [0.25, 0.3) is 0 Å². The highest BCUT2D eigenvalue weighted by Gasteiger charge is 2.27. The van der Waals surface area contributed by atoms with Crippen molar-refractivity contribution in [2.24, 2.45) is 0 Å². The number of hydrogen-bond donors (Lipinski definition) is 1. The molecule has 1 N–H and O–H groups in total. The highest BCUT2D eigenvalue weighted by Crippen LogP contribution is 2.15. The van der Waals surface area contributed by atoms with Gasteiger partial charge >= 0.3 is 17.1 Å². The molecule has 0 unspecified atom stereocenters. The maximum absolute atomic E-state index is 12.1. The van der Waals surface area contributed by atoms with Crippen molar-refractivity contribution >= 4 is 28.9 Å². The van der Waals surface area contributed by atoms with Gasteiger partial charge in [-0.15, -0.1) is 0 Å². The molecule has 0 radical (unpaired) electrons. The Balaban J connectivity index is 2.55. The molecule has 0 aliphatic rings. The van der Waals surface area contributed by atoms with Crippen molar-refractivity contribution in [1.29, 1.82) is 0 Å². The number of amides is 1. The van der Waals surface area contributed by atoms with Crippen LogP contribution in [0.2, 0.25) is 0 Å². The first-order chi connectivity index (χ1) is 11.5. The van der Waals surface area contributed by atoms with E-state index >= 15 is 0 Å². The van der Waals surface area contributed by atoms with Crippen LogP contribution in [0.3, 0.4) is 0 Å². The number of aryl methyl sites for hydroxylation is 1. The molecular weight excluding hydrogens is 354 g/mol. The summed E-state index contributed by atoms with van der Waals surface area (Å²) in [6.07, 6.45) is 0. The average Bonchev–Trinajstić information content (AvgIpc) is 2.76. The van der Waals surface area contributed by atoms with E-state index in [1.807, 2.05) is 0 Å². The third-order valence-corrected chi connectivity index (χ3v) is 3.45. The summed E-state index contributed by atoms with van der Waals surface area (Å²) >= 11 is 0.686. The fraction of sp³-hybridized carbons (Fsp3) is 0.600. The molecule has 0 bridgehead atoms. The van der Waals surface area contributed by atoms with Crippen molar-refractivity contribution < 1.29 is 32.7 Å². The van der Waals surface area contributed by atoms with E-state index in [1.54, 1.807) is 20.8 Å². The molecule has 9 nitrogen and oxygen atoms in total. The number of carbonyl (C=O) groups excluding carboxylic acids is 3. The molecule has 10 heteroatoms. The summed E-state index contributed by atoms with van der Waals surface area (Å²) in [7, 11) is 0. The molecule has 1 heterocycles. The zero-order valence-corrected chi connectivity index (χ0v) is 15.5. The summed E-state index contributed by atoms with van der Waals surface area (Å²) in [6.45, 7) is 7.55. The van der Waals surface area contributed by atoms with Gasteiger partial charge in [0.15, 0.2) is 18.1 Å². The highest BCUT2D eigenvalue weighted by molar-refractivity contribution is 8.13. The predicted molar refractivity (Wildman–Crippen MR) is 88.1 cm³/mol. The second kappa shape index (κ2) is 8.75. The summed E-state index contributed by atoms with van der Waals surface area (Å²) in [6, 6.07) is -0.997. The number of rotatable bonds is 6. The third-order valence-electron chi connectivity index (χ3n) is 2.59. The largest absolute Gasteiger partial charge is 0.519 e. The third kappa shape index (κ3) is 7.92. The lowest BCUT2D eigenvalue weighted by Gasteiger charge is -2.23. The van der Waals surface area contributed by atoms with Crippen LogP contribution >= 0.6 is 11.8 Å². The smallest absolute Gasteiger partial charge is 0.458 e. The van der Waals surface area contributed by atoms with Crippen LogP contribution in [-0.4, -0.2) is 34.6 Å². The van der Waals surface area contributed by atoms with Crippen molar-refractivity contribution in [2.45, 2.75) is 52.9 Å². The molecule has 0 saturated carbocycles. The van der Waals surface area contributed by atoms with Gasteiger partial charge in [-0.25, -0.2) is 14.4 Å². The van der Waals surface area contributed by atoms with E-state index in [0.717, 1.165) is 0 Å². The van der Waals surface area contributed by atoms with Gasteiger partial charge in [-0.3, -0.25) is 4.79 Å². The summed E-state index contributed by atoms with van der Waals surface area (Å²) in [5.74, 6) is -1.72. The molecule has 0 spiro atoms. The van der Waals surface area contributed by atoms with Crippen molar-refractivity contribution in [3.8, 4) is 0 Å². The van der Waals surface area contributed by atoms with Crippen LogP contribution in [-0.2, 0) is 25.7 Å². The molecule has 1 atom stereocenters. The van der Waals surface area contributed by atoms with E-state index in [2.05, 4.69) is 9.73 Å². The molecule has 1 amide bonds. The molecule has 140 valence electrons. The van der Waals surface area contributed by atoms with E-state index in [4.69, 9.17) is 13.9 Å². The Bertz CT molecular complexity index is 684. The monoisotopic (exact) mass is 375 g/mol. The number of carbonyl (C=O) groups is 3. The predicted octanol–water partition coefficient (Wildman–Crippen LogP) is 1.76. The molecule has 0 aromatic carbocycles. The van der Waals surface area contributed by atoms with E-state index in [1.165, 1.54) is 13.8 Å². The summed E-state index contributed by atoms with van der Waals surface area (Å²) < 4.78 is 19.5. The van der Waals surface area contributed by atoms with E-state index in [9.17, 15) is 19.2 Å². The van der Waals surface area contributed by atoms with Gasteiger partial charge in [0.05, 0.1) is 0 Å². The van der Waals surface area contributed by atoms with Gasteiger partial charge in [0.2, 0.25) is 5.91 Å².